The van der Waals surface area contributed by atoms with Gasteiger partial charge in [-0.15, -0.1) is 0 Å². The first-order chi connectivity index (χ1) is 10.8. The smallest absolute Gasteiger partial charge is 0.127 e. The summed E-state index contributed by atoms with van der Waals surface area (Å²) in [6.07, 6.45) is 3.62. The first-order valence-electron chi connectivity index (χ1n) is 7.31. The van der Waals surface area contributed by atoms with Crippen molar-refractivity contribution < 1.29 is 4.74 Å². The maximum absolute atomic E-state index is 5.79. The maximum atomic E-state index is 5.79. The third kappa shape index (κ3) is 3.64. The summed E-state index contributed by atoms with van der Waals surface area (Å²) in [5.74, 6) is 1.67. The lowest BCUT2D eigenvalue weighted by Gasteiger charge is -2.15. The Morgan fingerprint density at radius 3 is 2.14 bits per heavy atom. The van der Waals surface area contributed by atoms with E-state index in [-0.39, 0.29) is 6.04 Å². The van der Waals surface area contributed by atoms with E-state index in [0.717, 1.165) is 17.2 Å². The van der Waals surface area contributed by atoms with Crippen molar-refractivity contribution in [2.24, 2.45) is 0 Å². The van der Waals surface area contributed by atoms with Crippen molar-refractivity contribution in [1.29, 1.82) is 0 Å². The van der Waals surface area contributed by atoms with Crippen molar-refractivity contribution in [2.75, 3.05) is 5.32 Å². The highest BCUT2D eigenvalue weighted by Crippen LogP contribution is 2.24. The molecule has 110 valence electrons. The molecule has 0 bridgehead atoms. The van der Waals surface area contributed by atoms with Crippen LogP contribution in [-0.4, -0.2) is 4.98 Å². The zero-order valence-electron chi connectivity index (χ0n) is 12.4. The van der Waals surface area contributed by atoms with Gasteiger partial charge in [0.1, 0.15) is 11.5 Å². The normalized spacial score (nSPS) is 11.7. The van der Waals surface area contributed by atoms with Crippen LogP contribution in [0.1, 0.15) is 18.5 Å². The van der Waals surface area contributed by atoms with Gasteiger partial charge in [0.05, 0.1) is 0 Å². The second-order valence-corrected chi connectivity index (χ2v) is 5.09. The third-order valence-corrected chi connectivity index (χ3v) is 3.42. The summed E-state index contributed by atoms with van der Waals surface area (Å²) < 4.78 is 5.79. The number of para-hydroxylation sites is 1. The number of ether oxygens (including phenoxy) is 1. The van der Waals surface area contributed by atoms with Gasteiger partial charge >= 0.3 is 0 Å². The molecule has 0 saturated heterocycles. The summed E-state index contributed by atoms with van der Waals surface area (Å²) in [6.45, 7) is 2.13. The number of anilines is 1. The molecule has 1 N–H and O–H groups in total. The molecule has 0 spiro atoms. The molecule has 0 fully saturated rings. The number of aromatic nitrogens is 1. The Hall–Kier alpha value is -2.81. The van der Waals surface area contributed by atoms with Crippen LogP contribution in [0.15, 0.2) is 79.1 Å². The topological polar surface area (TPSA) is 34.1 Å². The van der Waals surface area contributed by atoms with Gasteiger partial charge in [-0.25, -0.2) is 0 Å². The van der Waals surface area contributed by atoms with Gasteiger partial charge in [0.25, 0.3) is 0 Å². The Morgan fingerprint density at radius 1 is 0.818 bits per heavy atom. The molecular formula is C19H18N2O. The number of benzene rings is 2. The largest absolute Gasteiger partial charge is 0.457 e. The minimum Gasteiger partial charge on any atom is -0.457 e. The monoisotopic (exact) mass is 290 g/mol. The molecule has 0 aliphatic rings. The van der Waals surface area contributed by atoms with Gasteiger partial charge in [-0.1, -0.05) is 18.2 Å². The van der Waals surface area contributed by atoms with Gasteiger partial charge in [0.15, 0.2) is 0 Å². The SMILES string of the molecule is CC(Nc1ccc(Oc2ccccc2)cc1)c1ccncc1. The van der Waals surface area contributed by atoms with Crippen molar-refractivity contribution in [1.82, 2.24) is 4.98 Å². The standard InChI is InChI=1S/C19H18N2O/c1-15(16-11-13-20-14-12-16)21-17-7-9-19(10-8-17)22-18-5-3-2-4-6-18/h2-15,21H,1H3. The van der Waals surface area contributed by atoms with E-state index in [1.807, 2.05) is 79.1 Å². The van der Waals surface area contributed by atoms with Crippen LogP contribution in [0, 0.1) is 0 Å². The van der Waals surface area contributed by atoms with E-state index in [1.165, 1.54) is 5.56 Å². The molecular weight excluding hydrogens is 272 g/mol. The van der Waals surface area contributed by atoms with E-state index in [2.05, 4.69) is 17.2 Å². The van der Waals surface area contributed by atoms with Gasteiger partial charge < -0.3 is 10.1 Å². The Labute approximate surface area is 130 Å². The summed E-state index contributed by atoms with van der Waals surface area (Å²) in [7, 11) is 0. The summed E-state index contributed by atoms with van der Waals surface area (Å²) >= 11 is 0. The summed E-state index contributed by atoms with van der Waals surface area (Å²) in [4.78, 5) is 4.04. The predicted molar refractivity (Wildman–Crippen MR) is 89.2 cm³/mol. The molecule has 0 aliphatic heterocycles. The fourth-order valence-electron chi connectivity index (χ4n) is 2.23. The Morgan fingerprint density at radius 2 is 1.45 bits per heavy atom. The number of hydrogen-bond acceptors (Lipinski definition) is 3. The van der Waals surface area contributed by atoms with E-state index in [0.29, 0.717) is 0 Å². The van der Waals surface area contributed by atoms with Gasteiger partial charge in [0.2, 0.25) is 0 Å². The molecule has 1 aromatic heterocycles. The molecule has 22 heavy (non-hydrogen) atoms. The van der Waals surface area contributed by atoms with Gasteiger partial charge in [-0.2, -0.15) is 0 Å². The molecule has 3 nitrogen and oxygen atoms in total. The lowest BCUT2D eigenvalue weighted by molar-refractivity contribution is 0.483. The van der Waals surface area contributed by atoms with Crippen molar-refractivity contribution in [3.8, 4) is 11.5 Å². The first-order valence-corrected chi connectivity index (χ1v) is 7.31. The van der Waals surface area contributed by atoms with Crippen LogP contribution in [0.5, 0.6) is 11.5 Å². The highest BCUT2D eigenvalue weighted by atomic mass is 16.5. The van der Waals surface area contributed by atoms with Crippen LogP contribution in [0.3, 0.4) is 0 Å². The number of nitrogens with zero attached hydrogens (tertiary/aromatic N) is 1. The highest BCUT2D eigenvalue weighted by molar-refractivity contribution is 5.48. The van der Waals surface area contributed by atoms with Crippen LogP contribution >= 0.6 is 0 Å². The fraction of sp³-hybridized carbons (Fsp3) is 0.105. The van der Waals surface area contributed by atoms with Gasteiger partial charge in [0, 0.05) is 24.1 Å². The molecule has 3 heteroatoms. The quantitative estimate of drug-likeness (QED) is 0.714. The van der Waals surface area contributed by atoms with Crippen molar-refractivity contribution in [3.63, 3.8) is 0 Å². The van der Waals surface area contributed by atoms with Crippen LogP contribution in [0.25, 0.3) is 0 Å². The Balaban J connectivity index is 1.64. The molecule has 0 amide bonds. The van der Waals surface area contributed by atoms with E-state index < -0.39 is 0 Å². The molecule has 3 aromatic rings. The minimum atomic E-state index is 0.226. The van der Waals surface area contributed by atoms with Crippen LogP contribution in [0.2, 0.25) is 0 Å². The van der Waals surface area contributed by atoms with Crippen molar-refractivity contribution in [2.45, 2.75) is 13.0 Å². The number of hydrogen-bond donors (Lipinski definition) is 1. The lowest BCUT2D eigenvalue weighted by atomic mass is 10.1. The number of pyridine rings is 1. The fourth-order valence-corrected chi connectivity index (χ4v) is 2.23. The molecule has 0 radical (unpaired) electrons. The number of nitrogens with one attached hydrogen (secondary N) is 1. The average Bonchev–Trinajstić information content (AvgIpc) is 2.58. The molecule has 2 aromatic carbocycles. The first kappa shape index (κ1) is 14.1. The summed E-state index contributed by atoms with van der Waals surface area (Å²) in [5.41, 5.74) is 2.27. The Bertz CT molecular complexity index is 697. The second kappa shape index (κ2) is 6.76. The van der Waals surface area contributed by atoms with Gasteiger partial charge in [-0.05, 0) is 61.0 Å². The lowest BCUT2D eigenvalue weighted by Crippen LogP contribution is -2.06. The van der Waals surface area contributed by atoms with E-state index in [4.69, 9.17) is 4.74 Å². The molecule has 3 rings (SSSR count). The molecule has 1 heterocycles. The molecule has 0 aliphatic carbocycles. The minimum absolute atomic E-state index is 0.226. The van der Waals surface area contributed by atoms with Crippen LogP contribution in [0.4, 0.5) is 5.69 Å². The van der Waals surface area contributed by atoms with Crippen LogP contribution in [-0.2, 0) is 0 Å². The predicted octanol–water partition coefficient (Wildman–Crippen LogP) is 5.05. The van der Waals surface area contributed by atoms with E-state index in [9.17, 15) is 0 Å². The van der Waals surface area contributed by atoms with E-state index in [1.54, 1.807) is 0 Å². The zero-order chi connectivity index (χ0) is 15.2. The van der Waals surface area contributed by atoms with Crippen molar-refractivity contribution in [3.05, 3.63) is 84.7 Å². The summed E-state index contributed by atoms with van der Waals surface area (Å²) in [6, 6.07) is 22.0. The van der Waals surface area contributed by atoms with E-state index >= 15 is 0 Å². The zero-order valence-corrected chi connectivity index (χ0v) is 12.4. The molecule has 1 atom stereocenters. The highest BCUT2D eigenvalue weighted by Gasteiger charge is 2.05. The van der Waals surface area contributed by atoms with Crippen LogP contribution < -0.4 is 10.1 Å². The molecule has 0 saturated carbocycles. The average molecular weight is 290 g/mol. The van der Waals surface area contributed by atoms with Crippen molar-refractivity contribution >= 4 is 5.69 Å². The number of rotatable bonds is 5. The van der Waals surface area contributed by atoms with Gasteiger partial charge in [-0.3, -0.25) is 4.98 Å². The maximum Gasteiger partial charge on any atom is 0.127 e. The molecule has 1 unspecified atom stereocenters. The summed E-state index contributed by atoms with van der Waals surface area (Å²) in [5, 5.41) is 3.47. The third-order valence-electron chi connectivity index (χ3n) is 3.42. The second-order valence-electron chi connectivity index (χ2n) is 5.09. The Kier molecular flexibility index (Phi) is 4.35.